The first-order chi connectivity index (χ1) is 22.5. The summed E-state index contributed by atoms with van der Waals surface area (Å²) < 4.78 is 18.0. The molecule has 11 heteroatoms. The van der Waals surface area contributed by atoms with Crippen LogP contribution in [0.5, 0.6) is 0 Å². The number of alkyl carbamates (subject to hydrolysis) is 1. The number of anilines is 1. The van der Waals surface area contributed by atoms with E-state index in [-0.39, 0.29) is 31.8 Å². The molecule has 3 aromatic carbocycles. The molecule has 0 radical (unpaired) electrons. The number of amides is 3. The van der Waals surface area contributed by atoms with Crippen molar-refractivity contribution in [3.05, 3.63) is 126 Å². The lowest BCUT2D eigenvalue weighted by atomic mass is 10.0. The summed E-state index contributed by atoms with van der Waals surface area (Å²) in [5.74, 6) is -0.286. The Kier molecular flexibility index (Phi) is 10.0. The molecule has 236 valence electrons. The minimum absolute atomic E-state index is 0.0373. The van der Waals surface area contributed by atoms with Crippen molar-refractivity contribution in [2.24, 2.45) is 0 Å². The number of carbonyl (C=O) groups is 3. The van der Waals surface area contributed by atoms with E-state index in [0.717, 1.165) is 32.2 Å². The third kappa shape index (κ3) is 7.63. The molecule has 1 aromatic heterocycles. The molecule has 2 N–H and O–H groups in total. The zero-order valence-corrected chi connectivity index (χ0v) is 25.7. The zero-order valence-electron chi connectivity index (χ0n) is 24.9. The van der Waals surface area contributed by atoms with Gasteiger partial charge in [-0.2, -0.15) is 0 Å². The number of rotatable bonds is 10. The second-order valence-corrected chi connectivity index (χ2v) is 12.0. The Hall–Kier alpha value is -4.55. The van der Waals surface area contributed by atoms with Crippen molar-refractivity contribution in [2.75, 3.05) is 10.7 Å². The van der Waals surface area contributed by atoms with Crippen molar-refractivity contribution in [1.29, 1.82) is 0 Å². The average Bonchev–Trinajstić information content (AvgIpc) is 3.38. The molecule has 46 heavy (non-hydrogen) atoms. The van der Waals surface area contributed by atoms with Crippen LogP contribution in [0.15, 0.2) is 108 Å². The lowest BCUT2D eigenvalue weighted by Gasteiger charge is -2.36. The Morgan fingerprint density at radius 3 is 2.37 bits per heavy atom. The molecule has 2 saturated heterocycles. The van der Waals surface area contributed by atoms with Crippen molar-refractivity contribution in [2.45, 2.75) is 55.6 Å². The summed E-state index contributed by atoms with van der Waals surface area (Å²) in [6, 6.07) is 28.5. The standard InChI is InChI=1S/C35H33N3O7S/c39-20-23-9-11-25(12-10-23)30-18-28(22-46-31-8-4-5-17-36-31)44-34(45-30)26-13-15-27(16-14-26)38-32(40)19-29(33(38)41)37-35(42)43-21-24-6-2-1-3-7-24/h1-17,28-30,34,39H,18-22H2,(H,37,42)/t28-,29?,30+,34+/m0/s1. The average molecular weight is 640 g/mol. The third-order valence-electron chi connectivity index (χ3n) is 7.74. The van der Waals surface area contributed by atoms with Gasteiger partial charge in [0.05, 0.1) is 35.9 Å². The normalized spacial score (nSPS) is 21.3. The van der Waals surface area contributed by atoms with Gasteiger partial charge >= 0.3 is 6.09 Å². The van der Waals surface area contributed by atoms with E-state index >= 15 is 0 Å². The molecule has 2 fully saturated rings. The van der Waals surface area contributed by atoms with Crippen molar-refractivity contribution in [1.82, 2.24) is 10.3 Å². The molecule has 0 aliphatic carbocycles. The van der Waals surface area contributed by atoms with E-state index in [1.807, 2.05) is 72.8 Å². The molecule has 4 aromatic rings. The minimum Gasteiger partial charge on any atom is -0.445 e. The molecule has 2 aliphatic heterocycles. The number of pyridine rings is 1. The van der Waals surface area contributed by atoms with Crippen LogP contribution in [0.4, 0.5) is 10.5 Å². The number of hydrogen-bond donors (Lipinski definition) is 2. The van der Waals surface area contributed by atoms with Crippen LogP contribution in [0.25, 0.3) is 0 Å². The Labute approximate surface area is 270 Å². The van der Waals surface area contributed by atoms with E-state index in [1.54, 1.807) is 42.2 Å². The molecule has 3 amide bonds. The lowest BCUT2D eigenvalue weighted by Crippen LogP contribution is -2.42. The predicted molar refractivity (Wildman–Crippen MR) is 170 cm³/mol. The molecule has 0 saturated carbocycles. The fraction of sp³-hybridized carbons (Fsp3) is 0.257. The van der Waals surface area contributed by atoms with E-state index in [2.05, 4.69) is 10.3 Å². The van der Waals surface area contributed by atoms with Crippen LogP contribution in [0, 0.1) is 0 Å². The van der Waals surface area contributed by atoms with Crippen LogP contribution >= 0.6 is 11.8 Å². The molecular formula is C35H33N3O7S. The third-order valence-corrected chi connectivity index (χ3v) is 8.82. The van der Waals surface area contributed by atoms with E-state index < -0.39 is 30.2 Å². The Bertz CT molecular complexity index is 1640. The number of benzene rings is 3. The molecule has 0 bridgehead atoms. The van der Waals surface area contributed by atoms with Gasteiger partial charge < -0.3 is 24.6 Å². The van der Waals surface area contributed by atoms with Gasteiger partial charge in [-0.1, -0.05) is 72.8 Å². The summed E-state index contributed by atoms with van der Waals surface area (Å²) >= 11 is 1.61. The molecule has 4 atom stereocenters. The molecule has 2 aliphatic rings. The first kappa shape index (κ1) is 31.4. The Morgan fingerprint density at radius 1 is 0.913 bits per heavy atom. The van der Waals surface area contributed by atoms with E-state index in [0.29, 0.717) is 17.9 Å². The molecule has 0 spiro atoms. The SMILES string of the molecule is O=C(NC1CC(=O)N(c2ccc([C@@H]3O[C@H](CSc4ccccn4)C[C@H](c4ccc(CO)cc4)O3)cc2)C1=O)OCc1ccccc1. The minimum atomic E-state index is -1.02. The fourth-order valence-electron chi connectivity index (χ4n) is 5.34. The molecule has 6 rings (SSSR count). The summed E-state index contributed by atoms with van der Waals surface area (Å²) in [7, 11) is 0. The number of nitrogens with one attached hydrogen (secondary N) is 1. The van der Waals surface area contributed by atoms with Gasteiger partial charge in [-0.3, -0.25) is 9.59 Å². The summed E-state index contributed by atoms with van der Waals surface area (Å²) in [4.78, 5) is 43.8. The van der Waals surface area contributed by atoms with Gasteiger partial charge in [0, 0.05) is 23.9 Å². The van der Waals surface area contributed by atoms with Crippen LogP contribution in [0.3, 0.4) is 0 Å². The highest BCUT2D eigenvalue weighted by Crippen LogP contribution is 2.40. The van der Waals surface area contributed by atoms with Crippen LogP contribution in [-0.2, 0) is 37.0 Å². The van der Waals surface area contributed by atoms with Gasteiger partial charge in [-0.25, -0.2) is 14.7 Å². The second kappa shape index (κ2) is 14.7. The van der Waals surface area contributed by atoms with Gasteiger partial charge in [-0.05, 0) is 41.0 Å². The Morgan fingerprint density at radius 2 is 1.65 bits per heavy atom. The lowest BCUT2D eigenvalue weighted by molar-refractivity contribution is -0.245. The smallest absolute Gasteiger partial charge is 0.408 e. The highest BCUT2D eigenvalue weighted by Gasteiger charge is 2.41. The molecule has 3 heterocycles. The van der Waals surface area contributed by atoms with Gasteiger partial charge in [0.1, 0.15) is 12.6 Å². The Balaban J connectivity index is 1.12. The van der Waals surface area contributed by atoms with Crippen LogP contribution < -0.4 is 10.2 Å². The largest absolute Gasteiger partial charge is 0.445 e. The fourth-order valence-corrected chi connectivity index (χ4v) is 6.22. The number of aliphatic hydroxyl groups excluding tert-OH is 1. The van der Waals surface area contributed by atoms with Crippen molar-refractivity contribution < 1.29 is 33.7 Å². The maximum absolute atomic E-state index is 13.2. The molecule has 1 unspecified atom stereocenters. The number of thioether (sulfide) groups is 1. The number of imide groups is 1. The van der Waals surface area contributed by atoms with Gasteiger partial charge in [-0.15, -0.1) is 11.8 Å². The summed E-state index contributed by atoms with van der Waals surface area (Å²) in [5, 5.41) is 12.9. The summed E-state index contributed by atoms with van der Waals surface area (Å²) in [6.45, 7) is 0.0138. The zero-order chi connectivity index (χ0) is 31.9. The number of hydrogen-bond acceptors (Lipinski definition) is 9. The summed E-state index contributed by atoms with van der Waals surface area (Å²) in [6.07, 6.45) is 0.357. The number of carbonyl (C=O) groups excluding carboxylic acids is 3. The van der Waals surface area contributed by atoms with E-state index in [1.165, 1.54) is 0 Å². The molecule has 10 nitrogen and oxygen atoms in total. The number of aliphatic hydroxyl groups is 1. The van der Waals surface area contributed by atoms with Crippen molar-refractivity contribution in [3.63, 3.8) is 0 Å². The topological polar surface area (TPSA) is 127 Å². The van der Waals surface area contributed by atoms with E-state index in [9.17, 15) is 19.5 Å². The second-order valence-electron chi connectivity index (χ2n) is 11.0. The highest BCUT2D eigenvalue weighted by atomic mass is 32.2. The number of ether oxygens (including phenoxy) is 3. The van der Waals surface area contributed by atoms with Gasteiger partial charge in [0.2, 0.25) is 5.91 Å². The van der Waals surface area contributed by atoms with Crippen molar-refractivity contribution >= 4 is 35.4 Å². The monoisotopic (exact) mass is 639 g/mol. The van der Waals surface area contributed by atoms with Crippen LogP contribution in [-0.4, -0.2) is 45.9 Å². The predicted octanol–water partition coefficient (Wildman–Crippen LogP) is 5.47. The van der Waals surface area contributed by atoms with Crippen molar-refractivity contribution in [3.8, 4) is 0 Å². The van der Waals surface area contributed by atoms with Gasteiger partial charge in [0.25, 0.3) is 5.91 Å². The number of nitrogens with zero attached hydrogens (tertiary/aromatic N) is 2. The van der Waals surface area contributed by atoms with E-state index in [4.69, 9.17) is 14.2 Å². The maximum Gasteiger partial charge on any atom is 0.408 e. The first-order valence-corrected chi connectivity index (χ1v) is 15.9. The summed E-state index contributed by atoms with van der Waals surface area (Å²) in [5.41, 5.74) is 3.71. The maximum atomic E-state index is 13.2. The molecular weight excluding hydrogens is 606 g/mol. The number of aromatic nitrogens is 1. The van der Waals surface area contributed by atoms with Gasteiger partial charge in [0.15, 0.2) is 6.29 Å². The highest BCUT2D eigenvalue weighted by molar-refractivity contribution is 7.99. The first-order valence-electron chi connectivity index (χ1n) is 15.0. The van der Waals surface area contributed by atoms with Crippen LogP contribution in [0.2, 0.25) is 0 Å². The van der Waals surface area contributed by atoms with Crippen LogP contribution in [0.1, 0.15) is 47.5 Å². The quantitative estimate of drug-likeness (QED) is 0.172.